The van der Waals surface area contributed by atoms with E-state index in [0.29, 0.717) is 16.4 Å². The molecule has 6 nitrogen and oxygen atoms in total. The van der Waals surface area contributed by atoms with Gasteiger partial charge in [-0.1, -0.05) is 12.1 Å². The number of benzene rings is 1. The molecule has 0 saturated heterocycles. The van der Waals surface area contributed by atoms with E-state index in [1.807, 2.05) is 34.6 Å². The molecular formula is C19H25N3O3S. The Bertz CT molecular complexity index is 789. The van der Waals surface area contributed by atoms with E-state index in [2.05, 4.69) is 10.3 Å². The molecular weight excluding hydrogens is 350 g/mol. The number of nitrogens with zero attached hydrogens (tertiary/aromatic N) is 2. The summed E-state index contributed by atoms with van der Waals surface area (Å²) in [6, 6.07) is 7.01. The molecule has 2 aromatic rings. The number of hydrogen-bond donors (Lipinski definition) is 1. The summed E-state index contributed by atoms with van der Waals surface area (Å²) in [5, 5.41) is 3.33. The molecule has 0 fully saturated rings. The predicted octanol–water partition coefficient (Wildman–Crippen LogP) is 3.65. The molecule has 1 aromatic carbocycles. The first-order chi connectivity index (χ1) is 12.1. The average Bonchev–Trinajstić information content (AvgIpc) is 2.88. The number of aryl methyl sites for hydroxylation is 2. The number of nitrogens with one attached hydrogen (secondary N) is 1. The van der Waals surface area contributed by atoms with Crippen LogP contribution in [0.25, 0.3) is 0 Å². The lowest BCUT2D eigenvalue weighted by atomic mass is 10.0. The minimum atomic E-state index is -0.538. The molecule has 0 radical (unpaired) electrons. The van der Waals surface area contributed by atoms with E-state index in [0.717, 1.165) is 10.6 Å². The number of methoxy groups -OCH3 is 1. The molecule has 0 spiro atoms. The van der Waals surface area contributed by atoms with Gasteiger partial charge < -0.3 is 15.0 Å². The highest BCUT2D eigenvalue weighted by Crippen LogP contribution is 2.25. The maximum atomic E-state index is 13.1. The smallest absolute Gasteiger partial charge is 0.258 e. The van der Waals surface area contributed by atoms with E-state index < -0.39 is 5.54 Å². The van der Waals surface area contributed by atoms with Crippen LogP contribution in [0.2, 0.25) is 0 Å². The maximum Gasteiger partial charge on any atom is 0.258 e. The molecule has 1 heterocycles. The van der Waals surface area contributed by atoms with Gasteiger partial charge in [-0.15, -0.1) is 11.3 Å². The Morgan fingerprint density at radius 2 is 1.88 bits per heavy atom. The van der Waals surface area contributed by atoms with Gasteiger partial charge in [0.15, 0.2) is 5.13 Å². The second kappa shape index (κ2) is 7.86. The molecule has 26 heavy (non-hydrogen) atoms. The Hall–Kier alpha value is -2.41. The molecule has 140 valence electrons. The number of carbonyl (C=O) groups is 2. The standard InChI is InChI=1S/C19H25N3O3S/c1-12-13(2)26-18(20-12)21-16(23)11-22(19(3,4)5)17(24)14-9-7-8-10-15(14)25-6/h7-10H,11H2,1-6H3,(H,20,21,23). The van der Waals surface area contributed by atoms with Crippen LogP contribution < -0.4 is 10.1 Å². The molecule has 0 atom stereocenters. The van der Waals surface area contributed by atoms with Crippen LogP contribution in [0, 0.1) is 13.8 Å². The molecule has 0 bridgehead atoms. The Balaban J connectivity index is 2.22. The summed E-state index contributed by atoms with van der Waals surface area (Å²) in [7, 11) is 1.52. The average molecular weight is 375 g/mol. The van der Waals surface area contributed by atoms with Gasteiger partial charge in [-0.2, -0.15) is 0 Å². The molecule has 1 aromatic heterocycles. The minimum Gasteiger partial charge on any atom is -0.496 e. The Morgan fingerprint density at radius 3 is 2.42 bits per heavy atom. The number of ether oxygens (including phenoxy) is 1. The number of rotatable bonds is 5. The second-order valence-corrected chi connectivity index (χ2v) is 8.17. The highest BCUT2D eigenvalue weighted by Gasteiger charge is 2.31. The molecule has 7 heteroatoms. The summed E-state index contributed by atoms with van der Waals surface area (Å²) < 4.78 is 5.29. The fourth-order valence-electron chi connectivity index (χ4n) is 2.41. The Kier molecular flexibility index (Phi) is 6.02. The SMILES string of the molecule is COc1ccccc1C(=O)N(CC(=O)Nc1nc(C)c(C)s1)C(C)(C)C. The highest BCUT2D eigenvalue weighted by atomic mass is 32.1. The van der Waals surface area contributed by atoms with E-state index in [9.17, 15) is 9.59 Å². The van der Waals surface area contributed by atoms with Gasteiger partial charge in [0.1, 0.15) is 12.3 Å². The first-order valence-electron chi connectivity index (χ1n) is 8.32. The van der Waals surface area contributed by atoms with Crippen LogP contribution in [-0.4, -0.2) is 40.9 Å². The Labute approximate surface area is 158 Å². The first kappa shape index (κ1) is 19.9. The van der Waals surface area contributed by atoms with Gasteiger partial charge in [-0.25, -0.2) is 4.98 Å². The molecule has 1 N–H and O–H groups in total. The van der Waals surface area contributed by atoms with Crippen LogP contribution in [0.5, 0.6) is 5.75 Å². The lowest BCUT2D eigenvalue weighted by Gasteiger charge is -2.35. The highest BCUT2D eigenvalue weighted by molar-refractivity contribution is 7.15. The van der Waals surface area contributed by atoms with Crippen molar-refractivity contribution >= 4 is 28.3 Å². The van der Waals surface area contributed by atoms with E-state index in [4.69, 9.17) is 4.74 Å². The number of hydrogen-bond acceptors (Lipinski definition) is 5. The minimum absolute atomic E-state index is 0.0714. The molecule has 0 saturated carbocycles. The van der Waals surface area contributed by atoms with Crippen molar-refractivity contribution in [2.75, 3.05) is 19.0 Å². The Morgan fingerprint density at radius 1 is 1.23 bits per heavy atom. The summed E-state index contributed by atoms with van der Waals surface area (Å²) in [6.45, 7) is 9.46. The van der Waals surface area contributed by atoms with E-state index in [1.54, 1.807) is 24.3 Å². The van der Waals surface area contributed by atoms with Crippen molar-refractivity contribution in [3.63, 3.8) is 0 Å². The first-order valence-corrected chi connectivity index (χ1v) is 9.14. The summed E-state index contributed by atoms with van der Waals surface area (Å²) in [6.07, 6.45) is 0. The van der Waals surface area contributed by atoms with Gasteiger partial charge in [0, 0.05) is 10.4 Å². The van der Waals surface area contributed by atoms with E-state index >= 15 is 0 Å². The van der Waals surface area contributed by atoms with Crippen LogP contribution in [0.4, 0.5) is 5.13 Å². The summed E-state index contributed by atoms with van der Waals surface area (Å²) in [4.78, 5) is 32.5. The predicted molar refractivity (Wildman–Crippen MR) is 104 cm³/mol. The van der Waals surface area contributed by atoms with E-state index in [-0.39, 0.29) is 18.4 Å². The quantitative estimate of drug-likeness (QED) is 0.866. The second-order valence-electron chi connectivity index (χ2n) is 6.97. The van der Waals surface area contributed by atoms with Crippen molar-refractivity contribution in [2.24, 2.45) is 0 Å². The van der Waals surface area contributed by atoms with Crippen molar-refractivity contribution in [1.82, 2.24) is 9.88 Å². The number of anilines is 1. The zero-order chi connectivity index (χ0) is 19.5. The van der Waals surface area contributed by atoms with Crippen molar-refractivity contribution in [3.05, 3.63) is 40.4 Å². The molecule has 2 amide bonds. The molecule has 2 rings (SSSR count). The van der Waals surface area contributed by atoms with Gasteiger partial charge >= 0.3 is 0 Å². The van der Waals surface area contributed by atoms with Crippen molar-refractivity contribution in [1.29, 1.82) is 0 Å². The van der Waals surface area contributed by atoms with Crippen LogP contribution >= 0.6 is 11.3 Å². The van der Waals surface area contributed by atoms with Gasteiger partial charge in [0.05, 0.1) is 18.4 Å². The fraction of sp³-hybridized carbons (Fsp3) is 0.421. The summed E-state index contributed by atoms with van der Waals surface area (Å²) >= 11 is 1.42. The van der Waals surface area contributed by atoms with Gasteiger partial charge in [0.25, 0.3) is 5.91 Å². The fourth-order valence-corrected chi connectivity index (χ4v) is 3.24. The third-order valence-corrected chi connectivity index (χ3v) is 4.96. The number of carbonyl (C=O) groups excluding carboxylic acids is 2. The van der Waals surface area contributed by atoms with Crippen molar-refractivity contribution in [3.8, 4) is 5.75 Å². The van der Waals surface area contributed by atoms with Crippen molar-refractivity contribution < 1.29 is 14.3 Å². The molecule has 0 unspecified atom stereocenters. The lowest BCUT2D eigenvalue weighted by molar-refractivity contribution is -0.117. The lowest BCUT2D eigenvalue weighted by Crippen LogP contribution is -2.49. The summed E-state index contributed by atoms with van der Waals surface area (Å²) in [5.41, 5.74) is 0.783. The summed E-state index contributed by atoms with van der Waals surface area (Å²) in [5.74, 6) is -0.0492. The van der Waals surface area contributed by atoms with Gasteiger partial charge in [-0.3, -0.25) is 9.59 Å². The zero-order valence-corrected chi connectivity index (χ0v) is 16.9. The van der Waals surface area contributed by atoms with Crippen LogP contribution in [0.3, 0.4) is 0 Å². The topological polar surface area (TPSA) is 71.5 Å². The number of para-hydroxylation sites is 1. The molecule has 0 aliphatic heterocycles. The monoisotopic (exact) mass is 375 g/mol. The normalized spacial score (nSPS) is 11.2. The van der Waals surface area contributed by atoms with Crippen LogP contribution in [-0.2, 0) is 4.79 Å². The largest absolute Gasteiger partial charge is 0.496 e. The molecule has 0 aliphatic carbocycles. The maximum absolute atomic E-state index is 13.1. The third kappa shape index (κ3) is 4.60. The van der Waals surface area contributed by atoms with Crippen LogP contribution in [0.15, 0.2) is 24.3 Å². The van der Waals surface area contributed by atoms with E-state index in [1.165, 1.54) is 23.3 Å². The number of aromatic nitrogens is 1. The number of amides is 2. The van der Waals surface area contributed by atoms with Gasteiger partial charge in [-0.05, 0) is 46.8 Å². The third-order valence-electron chi connectivity index (χ3n) is 3.97. The zero-order valence-electron chi connectivity index (χ0n) is 16.0. The van der Waals surface area contributed by atoms with Gasteiger partial charge in [0.2, 0.25) is 5.91 Å². The molecule has 0 aliphatic rings. The number of thiazole rings is 1. The van der Waals surface area contributed by atoms with Crippen molar-refractivity contribution in [2.45, 2.75) is 40.2 Å². The van der Waals surface area contributed by atoms with Crippen LogP contribution in [0.1, 0.15) is 41.7 Å².